The lowest BCUT2D eigenvalue weighted by molar-refractivity contribution is 0.248. The number of piperidine rings is 1. The van der Waals surface area contributed by atoms with Gasteiger partial charge in [-0.05, 0) is 44.1 Å². The molecule has 1 N–H and O–H groups in total. The summed E-state index contributed by atoms with van der Waals surface area (Å²) in [4.78, 5) is 4.54. The van der Waals surface area contributed by atoms with E-state index >= 15 is 0 Å². The molecular formula is C15H21N3O. The van der Waals surface area contributed by atoms with E-state index in [-0.39, 0.29) is 6.61 Å². The maximum absolute atomic E-state index is 9.27. The molecule has 1 aromatic carbocycles. The minimum atomic E-state index is -0.0230. The summed E-state index contributed by atoms with van der Waals surface area (Å²) < 4.78 is 0. The molecule has 0 spiro atoms. The van der Waals surface area contributed by atoms with Crippen LogP contribution in [-0.4, -0.2) is 43.2 Å². The lowest BCUT2D eigenvalue weighted by Gasteiger charge is -2.37. The molecule has 4 heteroatoms. The van der Waals surface area contributed by atoms with Gasteiger partial charge in [0.25, 0.3) is 0 Å². The van der Waals surface area contributed by atoms with Crippen LogP contribution in [0.3, 0.4) is 0 Å². The van der Waals surface area contributed by atoms with Gasteiger partial charge in [0.15, 0.2) is 0 Å². The fourth-order valence-electron chi connectivity index (χ4n) is 2.73. The zero-order valence-electron chi connectivity index (χ0n) is 11.6. The number of benzene rings is 1. The summed E-state index contributed by atoms with van der Waals surface area (Å²) in [6.07, 6.45) is 2.36. The normalized spacial score (nSPS) is 20.0. The third kappa shape index (κ3) is 3.06. The molecule has 1 aromatic rings. The van der Waals surface area contributed by atoms with E-state index in [0.717, 1.165) is 30.8 Å². The second-order valence-electron chi connectivity index (χ2n) is 5.29. The summed E-state index contributed by atoms with van der Waals surface area (Å²) in [5.41, 5.74) is 2.39. The average Bonchev–Trinajstić information content (AvgIpc) is 2.45. The van der Waals surface area contributed by atoms with Crippen LogP contribution in [0, 0.1) is 11.3 Å². The molecule has 102 valence electrons. The highest BCUT2D eigenvalue weighted by Crippen LogP contribution is 2.25. The van der Waals surface area contributed by atoms with Crippen LogP contribution in [0.1, 0.15) is 24.0 Å². The third-order valence-corrected chi connectivity index (χ3v) is 3.89. The van der Waals surface area contributed by atoms with Gasteiger partial charge in [-0.25, -0.2) is 0 Å². The number of aliphatic hydroxyl groups is 1. The van der Waals surface area contributed by atoms with Gasteiger partial charge in [0, 0.05) is 19.6 Å². The van der Waals surface area contributed by atoms with E-state index in [9.17, 15) is 5.26 Å². The number of nitrogens with zero attached hydrogens (tertiary/aromatic N) is 3. The molecule has 0 aromatic heterocycles. The summed E-state index contributed by atoms with van der Waals surface area (Å²) >= 11 is 0. The molecule has 0 amide bonds. The summed E-state index contributed by atoms with van der Waals surface area (Å²) in [7, 11) is 4.19. The highest BCUT2D eigenvalue weighted by atomic mass is 16.3. The van der Waals surface area contributed by atoms with Crippen molar-refractivity contribution in [1.82, 2.24) is 4.90 Å². The average molecular weight is 259 g/mol. The first-order chi connectivity index (χ1) is 9.15. The van der Waals surface area contributed by atoms with Gasteiger partial charge in [-0.2, -0.15) is 5.26 Å². The lowest BCUT2D eigenvalue weighted by atomic mass is 10.0. The van der Waals surface area contributed by atoms with Gasteiger partial charge in [-0.1, -0.05) is 6.07 Å². The maximum atomic E-state index is 9.27. The van der Waals surface area contributed by atoms with Crippen LogP contribution in [0.15, 0.2) is 18.2 Å². The number of likely N-dealkylation sites (tertiary alicyclic amines) is 1. The van der Waals surface area contributed by atoms with Crippen molar-refractivity contribution in [2.24, 2.45) is 0 Å². The van der Waals surface area contributed by atoms with Gasteiger partial charge in [-0.15, -0.1) is 0 Å². The Bertz CT molecular complexity index is 481. The fraction of sp³-hybridized carbons (Fsp3) is 0.533. The Labute approximate surface area is 114 Å². The van der Waals surface area contributed by atoms with E-state index in [1.165, 1.54) is 6.42 Å². The lowest BCUT2D eigenvalue weighted by Crippen LogP contribution is -2.45. The molecule has 0 aliphatic carbocycles. The molecule has 19 heavy (non-hydrogen) atoms. The molecular weight excluding hydrogens is 238 g/mol. The largest absolute Gasteiger partial charge is 0.392 e. The first kappa shape index (κ1) is 13.9. The van der Waals surface area contributed by atoms with Crippen LogP contribution in [0.2, 0.25) is 0 Å². The van der Waals surface area contributed by atoms with Gasteiger partial charge < -0.3 is 14.9 Å². The molecule has 1 fully saturated rings. The van der Waals surface area contributed by atoms with Crippen LogP contribution in [0.4, 0.5) is 5.69 Å². The van der Waals surface area contributed by atoms with Crippen LogP contribution >= 0.6 is 0 Å². The van der Waals surface area contributed by atoms with Crippen molar-refractivity contribution in [2.45, 2.75) is 25.5 Å². The molecule has 1 unspecified atom stereocenters. The third-order valence-electron chi connectivity index (χ3n) is 3.89. The van der Waals surface area contributed by atoms with Crippen LogP contribution in [0.5, 0.6) is 0 Å². The van der Waals surface area contributed by atoms with Crippen LogP contribution in [0.25, 0.3) is 0 Å². The second-order valence-corrected chi connectivity index (χ2v) is 5.29. The smallest absolute Gasteiger partial charge is 0.101 e. The Morgan fingerprint density at radius 3 is 2.95 bits per heavy atom. The molecule has 2 rings (SSSR count). The van der Waals surface area contributed by atoms with Crippen molar-refractivity contribution < 1.29 is 5.11 Å². The van der Waals surface area contributed by atoms with Gasteiger partial charge in [-0.3, -0.25) is 0 Å². The monoisotopic (exact) mass is 259 g/mol. The van der Waals surface area contributed by atoms with E-state index < -0.39 is 0 Å². The summed E-state index contributed by atoms with van der Waals surface area (Å²) in [6.45, 7) is 2.16. The Balaban J connectivity index is 2.23. The number of aliphatic hydroxyl groups excluding tert-OH is 1. The Hall–Kier alpha value is -1.57. The van der Waals surface area contributed by atoms with Gasteiger partial charge in [0.1, 0.15) is 6.07 Å². The standard InChI is InChI=1S/C15H21N3O/c1-17-7-3-4-14(10-17)18(2)15-6-5-12(11-19)8-13(15)9-16/h5-6,8,14,19H,3-4,7,10-11H2,1-2H3. The van der Waals surface area contributed by atoms with E-state index in [4.69, 9.17) is 5.11 Å². The van der Waals surface area contributed by atoms with Crippen molar-refractivity contribution >= 4 is 5.69 Å². The van der Waals surface area contributed by atoms with Gasteiger partial charge in [0.2, 0.25) is 0 Å². The number of nitriles is 1. The van der Waals surface area contributed by atoms with Gasteiger partial charge in [0.05, 0.1) is 17.9 Å². The topological polar surface area (TPSA) is 50.5 Å². The number of anilines is 1. The number of hydrogen-bond donors (Lipinski definition) is 1. The summed E-state index contributed by atoms with van der Waals surface area (Å²) in [5, 5.41) is 18.4. The Morgan fingerprint density at radius 1 is 1.53 bits per heavy atom. The molecule has 1 atom stereocenters. The van der Waals surface area contributed by atoms with E-state index in [1.54, 1.807) is 6.07 Å². The molecule has 0 saturated carbocycles. The maximum Gasteiger partial charge on any atom is 0.101 e. The second kappa shape index (κ2) is 6.05. The number of likely N-dealkylation sites (N-methyl/N-ethyl adjacent to an activating group) is 2. The predicted molar refractivity (Wildman–Crippen MR) is 76.0 cm³/mol. The van der Waals surface area contributed by atoms with E-state index in [1.807, 2.05) is 12.1 Å². The first-order valence-corrected chi connectivity index (χ1v) is 6.71. The van der Waals surface area contributed by atoms with Crippen LogP contribution in [-0.2, 0) is 6.61 Å². The Kier molecular flexibility index (Phi) is 4.41. The van der Waals surface area contributed by atoms with Crippen molar-refractivity contribution in [3.05, 3.63) is 29.3 Å². The van der Waals surface area contributed by atoms with Crippen molar-refractivity contribution in [1.29, 1.82) is 5.26 Å². The molecule has 0 bridgehead atoms. The minimum absolute atomic E-state index is 0.0230. The van der Waals surface area contributed by atoms with Crippen molar-refractivity contribution in [3.8, 4) is 6.07 Å². The molecule has 1 heterocycles. The highest BCUT2D eigenvalue weighted by Gasteiger charge is 2.22. The minimum Gasteiger partial charge on any atom is -0.392 e. The molecule has 4 nitrogen and oxygen atoms in total. The Morgan fingerprint density at radius 2 is 2.32 bits per heavy atom. The predicted octanol–water partition coefficient (Wildman–Crippen LogP) is 1.58. The van der Waals surface area contributed by atoms with E-state index in [2.05, 4.69) is 30.0 Å². The molecule has 0 radical (unpaired) electrons. The summed E-state index contributed by atoms with van der Waals surface area (Å²) in [6, 6.07) is 8.29. The molecule has 1 saturated heterocycles. The number of rotatable bonds is 3. The van der Waals surface area contributed by atoms with Crippen molar-refractivity contribution in [2.75, 3.05) is 32.1 Å². The van der Waals surface area contributed by atoms with Crippen molar-refractivity contribution in [3.63, 3.8) is 0 Å². The zero-order valence-corrected chi connectivity index (χ0v) is 11.6. The molecule has 1 aliphatic rings. The quantitative estimate of drug-likeness (QED) is 0.895. The molecule has 1 aliphatic heterocycles. The SMILES string of the molecule is CN1CCCC(N(C)c2ccc(CO)cc2C#N)C1. The fourth-order valence-corrected chi connectivity index (χ4v) is 2.73. The summed E-state index contributed by atoms with van der Waals surface area (Å²) in [5.74, 6) is 0. The van der Waals surface area contributed by atoms with E-state index in [0.29, 0.717) is 11.6 Å². The zero-order chi connectivity index (χ0) is 13.8. The first-order valence-electron chi connectivity index (χ1n) is 6.71. The van der Waals surface area contributed by atoms with Crippen LogP contribution < -0.4 is 4.90 Å². The van der Waals surface area contributed by atoms with Gasteiger partial charge >= 0.3 is 0 Å². The number of hydrogen-bond acceptors (Lipinski definition) is 4. The highest BCUT2D eigenvalue weighted by molar-refractivity contribution is 5.60.